The number of thioether (sulfide) groups is 1. The summed E-state index contributed by atoms with van der Waals surface area (Å²) in [5.74, 6) is 0.892. The molecule has 32 heavy (non-hydrogen) atoms. The van der Waals surface area contributed by atoms with Crippen LogP contribution in [0.15, 0.2) is 52.3 Å². The van der Waals surface area contributed by atoms with E-state index in [-0.39, 0.29) is 11.8 Å². The fourth-order valence-electron chi connectivity index (χ4n) is 3.72. The van der Waals surface area contributed by atoms with Crippen molar-refractivity contribution >= 4 is 34.5 Å². The third kappa shape index (κ3) is 5.11. The summed E-state index contributed by atoms with van der Waals surface area (Å²) in [4.78, 5) is 39.6. The van der Waals surface area contributed by atoms with Gasteiger partial charge in [0.05, 0.1) is 6.54 Å². The average molecular weight is 454 g/mol. The van der Waals surface area contributed by atoms with E-state index in [9.17, 15) is 9.59 Å². The number of carbonyl (C=O) groups excluding carboxylic acids is 2. The van der Waals surface area contributed by atoms with Gasteiger partial charge in [-0.25, -0.2) is 9.97 Å². The number of hydrogen-bond donors (Lipinski definition) is 0. The van der Waals surface area contributed by atoms with Crippen molar-refractivity contribution in [2.24, 2.45) is 0 Å². The number of carbonyl (C=O) groups is 2. The Bertz CT molecular complexity index is 1090. The van der Waals surface area contributed by atoms with Crippen LogP contribution in [-0.4, -0.2) is 83.3 Å². The smallest absolute Gasteiger partial charge is 0.289 e. The molecule has 0 N–H and O–H groups in total. The van der Waals surface area contributed by atoms with Gasteiger partial charge in [0.1, 0.15) is 5.58 Å². The predicted octanol–water partition coefficient (Wildman–Crippen LogP) is 2.75. The molecule has 1 fully saturated rings. The number of fused-ring (bicyclic) bond motifs is 1. The zero-order valence-corrected chi connectivity index (χ0v) is 19.2. The van der Waals surface area contributed by atoms with Crippen LogP contribution in [0.25, 0.3) is 11.0 Å². The first kappa shape index (κ1) is 22.3. The Kier molecular flexibility index (Phi) is 7.06. The van der Waals surface area contributed by atoms with E-state index in [1.54, 1.807) is 37.5 Å². The molecule has 1 aliphatic rings. The third-order valence-corrected chi connectivity index (χ3v) is 6.42. The average Bonchev–Trinajstić information content (AvgIpc) is 3.01. The first-order chi connectivity index (χ1) is 15.5. The first-order valence-corrected chi connectivity index (χ1v) is 11.6. The highest BCUT2D eigenvalue weighted by Crippen LogP contribution is 2.32. The molecule has 0 atom stereocenters. The summed E-state index contributed by atoms with van der Waals surface area (Å²) >= 11 is 1.48. The van der Waals surface area contributed by atoms with E-state index in [0.29, 0.717) is 48.4 Å². The van der Waals surface area contributed by atoms with E-state index in [1.807, 2.05) is 29.2 Å². The molecular formula is C23H27N5O3S. The molecule has 0 saturated carbocycles. The van der Waals surface area contributed by atoms with Crippen LogP contribution in [0.1, 0.15) is 22.5 Å². The molecule has 4 rings (SSSR count). The number of furan rings is 1. The summed E-state index contributed by atoms with van der Waals surface area (Å²) in [7, 11) is 3.52. The van der Waals surface area contributed by atoms with Crippen molar-refractivity contribution in [2.45, 2.75) is 17.3 Å². The lowest BCUT2D eigenvalue weighted by atomic mass is 10.1. The molecule has 2 aromatic heterocycles. The van der Waals surface area contributed by atoms with Crippen LogP contribution in [0.3, 0.4) is 0 Å². The summed E-state index contributed by atoms with van der Waals surface area (Å²) < 4.78 is 6.05. The molecule has 1 aliphatic heterocycles. The summed E-state index contributed by atoms with van der Waals surface area (Å²) in [5, 5.41) is 1.60. The molecule has 168 valence electrons. The van der Waals surface area contributed by atoms with Gasteiger partial charge in [-0.05, 0) is 18.6 Å². The van der Waals surface area contributed by atoms with Crippen molar-refractivity contribution in [1.82, 2.24) is 24.7 Å². The number of nitrogens with zero attached hydrogens (tertiary/aromatic N) is 5. The molecule has 1 aromatic carbocycles. The normalized spacial score (nSPS) is 15.0. The number of likely N-dealkylation sites (N-methyl/N-ethyl adjacent to an activating group) is 1. The Balaban J connectivity index is 1.52. The van der Waals surface area contributed by atoms with Crippen LogP contribution in [0, 0.1) is 0 Å². The second-order valence-corrected chi connectivity index (χ2v) is 8.88. The first-order valence-electron chi connectivity index (χ1n) is 10.6. The van der Waals surface area contributed by atoms with Crippen LogP contribution >= 0.6 is 11.8 Å². The predicted molar refractivity (Wildman–Crippen MR) is 123 cm³/mol. The van der Waals surface area contributed by atoms with Crippen LogP contribution in [0.2, 0.25) is 0 Å². The lowest BCUT2D eigenvalue weighted by molar-refractivity contribution is -0.129. The van der Waals surface area contributed by atoms with Gasteiger partial charge < -0.3 is 14.2 Å². The molecule has 0 spiro atoms. The summed E-state index contributed by atoms with van der Waals surface area (Å²) in [6.07, 6.45) is 4.23. The lowest BCUT2D eigenvalue weighted by Crippen LogP contribution is -2.39. The molecule has 3 aromatic rings. The fraction of sp³-hybridized carbons (Fsp3) is 0.391. The second-order valence-electron chi connectivity index (χ2n) is 7.94. The Hall–Kier alpha value is -2.91. The summed E-state index contributed by atoms with van der Waals surface area (Å²) in [6.45, 7) is 3.02. The van der Waals surface area contributed by atoms with Gasteiger partial charge >= 0.3 is 0 Å². The van der Waals surface area contributed by atoms with Crippen molar-refractivity contribution in [3.63, 3.8) is 0 Å². The van der Waals surface area contributed by atoms with Gasteiger partial charge in [0.2, 0.25) is 5.91 Å². The lowest BCUT2D eigenvalue weighted by Gasteiger charge is -2.22. The Morgan fingerprint density at radius 2 is 1.84 bits per heavy atom. The summed E-state index contributed by atoms with van der Waals surface area (Å²) in [5.41, 5.74) is 1.57. The van der Waals surface area contributed by atoms with E-state index in [2.05, 4.69) is 14.9 Å². The quantitative estimate of drug-likeness (QED) is 0.419. The largest absolute Gasteiger partial charge is 0.451 e. The molecule has 3 heterocycles. The maximum Gasteiger partial charge on any atom is 0.289 e. The van der Waals surface area contributed by atoms with Gasteiger partial charge in [-0.2, -0.15) is 0 Å². The molecule has 9 heteroatoms. The van der Waals surface area contributed by atoms with Gasteiger partial charge in [-0.1, -0.05) is 30.0 Å². The molecule has 1 saturated heterocycles. The molecule has 0 bridgehead atoms. The number of hydrogen-bond acceptors (Lipinski definition) is 7. The summed E-state index contributed by atoms with van der Waals surface area (Å²) in [6, 6.07) is 9.50. The van der Waals surface area contributed by atoms with Crippen molar-refractivity contribution in [2.75, 3.05) is 46.8 Å². The number of rotatable bonds is 6. The molecule has 0 radical (unpaired) electrons. The van der Waals surface area contributed by atoms with E-state index >= 15 is 0 Å². The second kappa shape index (κ2) is 10.1. The van der Waals surface area contributed by atoms with Gasteiger partial charge in [0, 0.05) is 69.4 Å². The number of amides is 2. The third-order valence-electron chi connectivity index (χ3n) is 5.51. The number of para-hydroxylation sites is 1. The monoisotopic (exact) mass is 453 g/mol. The molecule has 8 nitrogen and oxygen atoms in total. The van der Waals surface area contributed by atoms with Crippen molar-refractivity contribution in [3.8, 4) is 0 Å². The van der Waals surface area contributed by atoms with Gasteiger partial charge in [-0.3, -0.25) is 14.5 Å². The van der Waals surface area contributed by atoms with Crippen LogP contribution in [-0.2, 0) is 10.5 Å². The molecule has 0 aliphatic carbocycles. The highest BCUT2D eigenvalue weighted by molar-refractivity contribution is 7.98. The van der Waals surface area contributed by atoms with Crippen LogP contribution in [0.4, 0.5) is 0 Å². The van der Waals surface area contributed by atoms with Crippen LogP contribution < -0.4 is 0 Å². The maximum atomic E-state index is 13.5. The highest BCUT2D eigenvalue weighted by Gasteiger charge is 2.27. The minimum atomic E-state index is -0.105. The van der Waals surface area contributed by atoms with E-state index in [1.165, 1.54) is 11.8 Å². The molecule has 2 amide bonds. The fourth-order valence-corrected chi connectivity index (χ4v) is 4.55. The topological polar surface area (TPSA) is 82.8 Å². The Morgan fingerprint density at radius 3 is 2.62 bits per heavy atom. The highest BCUT2D eigenvalue weighted by atomic mass is 32.2. The molecule has 0 unspecified atom stereocenters. The Labute approximate surface area is 191 Å². The van der Waals surface area contributed by atoms with Gasteiger partial charge in [0.15, 0.2) is 10.9 Å². The zero-order valence-electron chi connectivity index (χ0n) is 18.4. The van der Waals surface area contributed by atoms with E-state index in [0.717, 1.165) is 23.9 Å². The number of aromatic nitrogens is 2. The SMILES string of the molecule is CN(C)C(=O)CN1CCCN(C(=O)c2oc3ccccc3c2CSc2ncccn2)CC1. The Morgan fingerprint density at radius 1 is 1.06 bits per heavy atom. The number of benzene rings is 1. The van der Waals surface area contributed by atoms with Gasteiger partial charge in [-0.15, -0.1) is 0 Å². The maximum absolute atomic E-state index is 13.5. The molecular weight excluding hydrogens is 426 g/mol. The van der Waals surface area contributed by atoms with E-state index < -0.39 is 0 Å². The van der Waals surface area contributed by atoms with Gasteiger partial charge in [0.25, 0.3) is 5.91 Å². The van der Waals surface area contributed by atoms with Crippen molar-refractivity contribution in [1.29, 1.82) is 0 Å². The van der Waals surface area contributed by atoms with Crippen LogP contribution in [0.5, 0.6) is 0 Å². The standard InChI is InChI=1S/C23H27N5O3S/c1-26(2)20(29)15-27-11-6-12-28(14-13-27)22(30)21-18(16-32-23-24-9-5-10-25-23)17-7-3-4-8-19(17)31-21/h3-5,7-10H,6,11-16H2,1-2H3. The van der Waals surface area contributed by atoms with Crippen molar-refractivity contribution < 1.29 is 14.0 Å². The minimum Gasteiger partial charge on any atom is -0.451 e. The van der Waals surface area contributed by atoms with Crippen molar-refractivity contribution in [3.05, 3.63) is 54.0 Å². The van der Waals surface area contributed by atoms with E-state index in [4.69, 9.17) is 4.42 Å². The minimum absolute atomic E-state index is 0.0736. The zero-order chi connectivity index (χ0) is 22.5.